The Morgan fingerprint density at radius 3 is 2.57 bits per heavy atom. The Hall–Kier alpha value is -2.69. The third-order valence-corrected chi connectivity index (χ3v) is 3.18. The number of hydrogen-bond acceptors (Lipinski definition) is 4. The van der Waals surface area contributed by atoms with Crippen LogP contribution in [0.3, 0.4) is 0 Å². The molecule has 0 heterocycles. The number of rotatable bonds is 4. The molecule has 0 N–H and O–H groups in total. The predicted octanol–water partition coefficient (Wildman–Crippen LogP) is 3.67. The van der Waals surface area contributed by atoms with Crippen molar-refractivity contribution in [2.75, 3.05) is 7.11 Å². The Balaban J connectivity index is 2.20. The Labute approximate surface area is 127 Å². The van der Waals surface area contributed by atoms with Gasteiger partial charge in [-0.05, 0) is 29.8 Å². The molecule has 0 saturated heterocycles. The Morgan fingerprint density at radius 2 is 1.90 bits per heavy atom. The lowest BCUT2D eigenvalue weighted by Crippen LogP contribution is -1.99. The van der Waals surface area contributed by atoms with E-state index in [0.29, 0.717) is 27.6 Å². The summed E-state index contributed by atoms with van der Waals surface area (Å²) in [6.07, 6.45) is 0. The first-order valence-electron chi connectivity index (χ1n) is 6.08. The van der Waals surface area contributed by atoms with E-state index in [1.54, 1.807) is 36.4 Å². The summed E-state index contributed by atoms with van der Waals surface area (Å²) in [6, 6.07) is 14.3. The van der Waals surface area contributed by atoms with Gasteiger partial charge in [0.05, 0.1) is 17.7 Å². The van der Waals surface area contributed by atoms with Crippen molar-refractivity contribution in [3.05, 3.63) is 58.1 Å². The number of benzene rings is 2. The zero-order valence-electron chi connectivity index (χ0n) is 11.3. The topological polar surface area (TPSA) is 66.0 Å². The predicted molar refractivity (Wildman–Crippen MR) is 78.2 cm³/mol. The lowest BCUT2D eigenvalue weighted by Gasteiger charge is -2.10. The zero-order chi connectivity index (χ0) is 15.2. The van der Waals surface area contributed by atoms with Crippen LogP contribution in [-0.2, 0) is 6.61 Å². The van der Waals surface area contributed by atoms with Crippen LogP contribution in [0.2, 0.25) is 5.02 Å². The molecule has 5 heteroatoms. The second kappa shape index (κ2) is 6.65. The molecular formula is C16H11ClN2O2. The summed E-state index contributed by atoms with van der Waals surface area (Å²) in [7, 11) is 1.51. The third-order valence-electron chi connectivity index (χ3n) is 2.87. The molecule has 0 amide bonds. The van der Waals surface area contributed by atoms with Gasteiger partial charge < -0.3 is 9.47 Å². The normalized spacial score (nSPS) is 9.52. The van der Waals surface area contributed by atoms with Crippen LogP contribution in [0.1, 0.15) is 16.7 Å². The van der Waals surface area contributed by atoms with Gasteiger partial charge in [-0.15, -0.1) is 0 Å². The van der Waals surface area contributed by atoms with Crippen molar-refractivity contribution >= 4 is 11.6 Å². The maximum Gasteiger partial charge on any atom is 0.139 e. The summed E-state index contributed by atoms with van der Waals surface area (Å²) in [4.78, 5) is 0. The van der Waals surface area contributed by atoms with Crippen LogP contribution in [0.25, 0.3) is 0 Å². The molecule has 0 aliphatic carbocycles. The quantitative estimate of drug-likeness (QED) is 0.863. The van der Waals surface area contributed by atoms with Crippen molar-refractivity contribution in [3.63, 3.8) is 0 Å². The van der Waals surface area contributed by atoms with E-state index >= 15 is 0 Å². The molecule has 0 bridgehead atoms. The van der Waals surface area contributed by atoms with Crippen LogP contribution in [-0.4, -0.2) is 7.11 Å². The summed E-state index contributed by atoms with van der Waals surface area (Å²) in [5.41, 5.74) is 1.59. The standard InChI is InChI=1S/C16H11ClN2O2/c1-20-16-7-11(5-6-12(16)8-18)10-21-15-4-2-3-14(17)13(15)9-19/h2-7H,10H2,1H3. The fourth-order valence-electron chi connectivity index (χ4n) is 1.81. The highest BCUT2D eigenvalue weighted by atomic mass is 35.5. The van der Waals surface area contributed by atoms with E-state index in [0.717, 1.165) is 5.56 Å². The first kappa shape index (κ1) is 14.7. The van der Waals surface area contributed by atoms with Gasteiger partial charge in [-0.25, -0.2) is 0 Å². The Kier molecular flexibility index (Phi) is 4.66. The van der Waals surface area contributed by atoms with Crippen molar-refractivity contribution in [2.45, 2.75) is 6.61 Å². The molecule has 0 aromatic heterocycles. The Bertz CT molecular complexity index is 745. The van der Waals surface area contributed by atoms with Crippen LogP contribution in [0, 0.1) is 22.7 Å². The van der Waals surface area contributed by atoms with E-state index in [9.17, 15) is 0 Å². The number of nitriles is 2. The van der Waals surface area contributed by atoms with E-state index in [1.807, 2.05) is 12.1 Å². The van der Waals surface area contributed by atoms with Crippen molar-refractivity contribution in [2.24, 2.45) is 0 Å². The van der Waals surface area contributed by atoms with Crippen LogP contribution >= 0.6 is 11.6 Å². The number of ether oxygens (including phenoxy) is 2. The first-order valence-corrected chi connectivity index (χ1v) is 6.45. The number of halogens is 1. The molecule has 2 aromatic carbocycles. The highest BCUT2D eigenvalue weighted by Gasteiger charge is 2.09. The minimum absolute atomic E-state index is 0.247. The molecule has 0 fully saturated rings. The maximum absolute atomic E-state index is 9.08. The van der Waals surface area contributed by atoms with Crippen molar-refractivity contribution in [3.8, 4) is 23.6 Å². The van der Waals surface area contributed by atoms with Crippen molar-refractivity contribution in [1.82, 2.24) is 0 Å². The molecule has 0 radical (unpaired) electrons. The second-order valence-electron chi connectivity index (χ2n) is 4.16. The SMILES string of the molecule is COc1cc(COc2cccc(Cl)c2C#N)ccc1C#N. The fraction of sp³-hybridized carbons (Fsp3) is 0.125. The van der Waals surface area contributed by atoms with E-state index < -0.39 is 0 Å². The van der Waals surface area contributed by atoms with Crippen LogP contribution in [0.15, 0.2) is 36.4 Å². The molecule has 104 valence electrons. The number of methoxy groups -OCH3 is 1. The third kappa shape index (κ3) is 3.25. The largest absolute Gasteiger partial charge is 0.495 e. The van der Waals surface area contributed by atoms with Gasteiger partial charge in [0.25, 0.3) is 0 Å². The molecule has 21 heavy (non-hydrogen) atoms. The minimum Gasteiger partial charge on any atom is -0.495 e. The van der Waals surface area contributed by atoms with E-state index in [4.69, 9.17) is 31.6 Å². The van der Waals surface area contributed by atoms with Crippen LogP contribution in [0.5, 0.6) is 11.5 Å². The van der Waals surface area contributed by atoms with Crippen LogP contribution in [0.4, 0.5) is 0 Å². The highest BCUT2D eigenvalue weighted by molar-refractivity contribution is 6.31. The Morgan fingerprint density at radius 1 is 1.10 bits per heavy atom. The second-order valence-corrected chi connectivity index (χ2v) is 4.57. The van der Waals surface area contributed by atoms with Gasteiger partial charge in [0.1, 0.15) is 35.8 Å². The lowest BCUT2D eigenvalue weighted by molar-refractivity contribution is 0.304. The van der Waals surface area contributed by atoms with Gasteiger partial charge in [-0.3, -0.25) is 0 Å². The number of hydrogen-bond donors (Lipinski definition) is 0. The minimum atomic E-state index is 0.247. The molecule has 0 aliphatic rings. The van der Waals surface area contributed by atoms with Crippen molar-refractivity contribution < 1.29 is 9.47 Å². The summed E-state index contributed by atoms with van der Waals surface area (Å²) >= 11 is 5.94. The van der Waals surface area contributed by atoms with Gasteiger partial charge in [0.2, 0.25) is 0 Å². The molecule has 0 spiro atoms. The van der Waals surface area contributed by atoms with Crippen LogP contribution < -0.4 is 9.47 Å². The average Bonchev–Trinajstić information content (AvgIpc) is 2.52. The molecule has 0 saturated carbocycles. The van der Waals surface area contributed by atoms with Gasteiger partial charge in [-0.2, -0.15) is 10.5 Å². The summed E-state index contributed by atoms with van der Waals surface area (Å²) < 4.78 is 10.8. The van der Waals surface area contributed by atoms with E-state index in [-0.39, 0.29) is 6.61 Å². The molecule has 0 atom stereocenters. The summed E-state index contributed by atoms with van der Waals surface area (Å²) in [5, 5.41) is 18.4. The van der Waals surface area contributed by atoms with Gasteiger partial charge in [0, 0.05) is 0 Å². The molecule has 0 aliphatic heterocycles. The smallest absolute Gasteiger partial charge is 0.139 e. The van der Waals surface area contributed by atoms with Gasteiger partial charge in [-0.1, -0.05) is 23.7 Å². The molecule has 0 unspecified atom stereocenters. The molecule has 2 aromatic rings. The first-order chi connectivity index (χ1) is 10.2. The maximum atomic E-state index is 9.08. The molecule has 4 nitrogen and oxygen atoms in total. The molecular weight excluding hydrogens is 288 g/mol. The summed E-state index contributed by atoms with van der Waals surface area (Å²) in [6.45, 7) is 0.247. The average molecular weight is 299 g/mol. The van der Waals surface area contributed by atoms with Gasteiger partial charge >= 0.3 is 0 Å². The summed E-state index contributed by atoms with van der Waals surface area (Å²) in [5.74, 6) is 0.915. The lowest BCUT2D eigenvalue weighted by atomic mass is 10.1. The van der Waals surface area contributed by atoms with Crippen molar-refractivity contribution in [1.29, 1.82) is 10.5 Å². The van der Waals surface area contributed by atoms with E-state index in [2.05, 4.69) is 0 Å². The van der Waals surface area contributed by atoms with E-state index in [1.165, 1.54) is 7.11 Å². The van der Waals surface area contributed by atoms with Gasteiger partial charge in [0.15, 0.2) is 0 Å². The zero-order valence-corrected chi connectivity index (χ0v) is 12.0. The number of nitrogens with zero attached hydrogens (tertiary/aromatic N) is 2. The highest BCUT2D eigenvalue weighted by Crippen LogP contribution is 2.27. The fourth-order valence-corrected chi connectivity index (χ4v) is 2.02. The molecule has 2 rings (SSSR count). The monoisotopic (exact) mass is 298 g/mol.